The minimum atomic E-state index is 0.0140. The first-order valence-corrected chi connectivity index (χ1v) is 6.55. The van der Waals surface area contributed by atoms with Crippen LogP contribution in [0.15, 0.2) is 42.7 Å². The molecule has 0 fully saturated rings. The van der Waals surface area contributed by atoms with Gasteiger partial charge in [-0.2, -0.15) is 0 Å². The summed E-state index contributed by atoms with van der Waals surface area (Å²) in [6.45, 7) is 0.767. The smallest absolute Gasteiger partial charge is 0.194 e. The fourth-order valence-electron chi connectivity index (χ4n) is 2.32. The highest BCUT2D eigenvalue weighted by atomic mass is 16.5. The SMILES string of the molecule is O=C(c1cccnc1)c1ccc2c(c1)CCCCO2. The van der Waals surface area contributed by atoms with E-state index in [2.05, 4.69) is 4.98 Å². The second-order valence-corrected chi connectivity index (χ2v) is 4.70. The number of hydrogen-bond donors (Lipinski definition) is 0. The van der Waals surface area contributed by atoms with Crippen molar-refractivity contribution < 1.29 is 9.53 Å². The third-order valence-corrected chi connectivity index (χ3v) is 3.34. The Kier molecular flexibility index (Phi) is 3.27. The molecule has 2 heterocycles. The molecule has 0 atom stereocenters. The average molecular weight is 253 g/mol. The number of fused-ring (bicyclic) bond motifs is 1. The zero-order chi connectivity index (χ0) is 13.1. The molecule has 3 rings (SSSR count). The summed E-state index contributed by atoms with van der Waals surface area (Å²) in [5.74, 6) is 0.931. The lowest BCUT2D eigenvalue weighted by atomic mass is 10.00. The number of nitrogens with zero attached hydrogens (tertiary/aromatic N) is 1. The standard InChI is InChI=1S/C16H15NO2/c18-16(14-5-3-8-17-11-14)13-6-7-15-12(10-13)4-1-2-9-19-15/h3,5-8,10-11H,1-2,4,9H2. The fourth-order valence-corrected chi connectivity index (χ4v) is 2.32. The van der Waals surface area contributed by atoms with Crippen LogP contribution >= 0.6 is 0 Å². The maximum atomic E-state index is 12.3. The molecule has 3 heteroatoms. The number of carbonyl (C=O) groups excluding carboxylic acids is 1. The van der Waals surface area contributed by atoms with Gasteiger partial charge in [-0.1, -0.05) is 0 Å². The zero-order valence-electron chi connectivity index (χ0n) is 10.6. The van der Waals surface area contributed by atoms with Gasteiger partial charge in [-0.25, -0.2) is 0 Å². The topological polar surface area (TPSA) is 39.2 Å². The number of hydrogen-bond acceptors (Lipinski definition) is 3. The monoisotopic (exact) mass is 253 g/mol. The summed E-state index contributed by atoms with van der Waals surface area (Å²) in [5.41, 5.74) is 2.46. The van der Waals surface area contributed by atoms with Crippen molar-refractivity contribution in [3.05, 3.63) is 59.4 Å². The van der Waals surface area contributed by atoms with E-state index in [9.17, 15) is 4.79 Å². The van der Waals surface area contributed by atoms with E-state index in [1.165, 1.54) is 0 Å². The quantitative estimate of drug-likeness (QED) is 0.772. The lowest BCUT2D eigenvalue weighted by molar-refractivity contribution is 0.103. The van der Waals surface area contributed by atoms with Gasteiger partial charge in [0.1, 0.15) is 5.75 Å². The molecular weight excluding hydrogens is 238 g/mol. The van der Waals surface area contributed by atoms with Gasteiger partial charge < -0.3 is 4.74 Å². The molecule has 0 saturated carbocycles. The number of benzene rings is 1. The lowest BCUT2D eigenvalue weighted by Crippen LogP contribution is -2.03. The summed E-state index contributed by atoms with van der Waals surface area (Å²) in [5, 5.41) is 0. The van der Waals surface area contributed by atoms with Crippen molar-refractivity contribution in [2.75, 3.05) is 6.61 Å². The van der Waals surface area contributed by atoms with E-state index in [0.29, 0.717) is 11.1 Å². The summed E-state index contributed by atoms with van der Waals surface area (Å²) < 4.78 is 5.67. The summed E-state index contributed by atoms with van der Waals surface area (Å²) in [6.07, 6.45) is 6.42. The maximum absolute atomic E-state index is 12.3. The van der Waals surface area contributed by atoms with Crippen molar-refractivity contribution in [1.82, 2.24) is 4.98 Å². The van der Waals surface area contributed by atoms with Crippen LogP contribution in [-0.4, -0.2) is 17.4 Å². The molecule has 0 radical (unpaired) electrons. The third-order valence-electron chi connectivity index (χ3n) is 3.34. The highest BCUT2D eigenvalue weighted by molar-refractivity contribution is 6.08. The van der Waals surface area contributed by atoms with Crippen LogP contribution in [0, 0.1) is 0 Å². The Hall–Kier alpha value is -2.16. The van der Waals surface area contributed by atoms with Crippen molar-refractivity contribution in [2.45, 2.75) is 19.3 Å². The first kappa shape index (κ1) is 11.9. The summed E-state index contributed by atoms with van der Waals surface area (Å²) in [4.78, 5) is 16.3. The fraction of sp³-hybridized carbons (Fsp3) is 0.250. The largest absolute Gasteiger partial charge is 0.493 e. The molecule has 0 amide bonds. The zero-order valence-corrected chi connectivity index (χ0v) is 10.6. The highest BCUT2D eigenvalue weighted by Crippen LogP contribution is 2.26. The van der Waals surface area contributed by atoms with E-state index in [1.54, 1.807) is 24.5 Å². The van der Waals surface area contributed by atoms with Crippen molar-refractivity contribution in [3.8, 4) is 5.75 Å². The van der Waals surface area contributed by atoms with Crippen LogP contribution in [0.3, 0.4) is 0 Å². The van der Waals surface area contributed by atoms with E-state index in [1.807, 2.05) is 18.2 Å². The van der Waals surface area contributed by atoms with Crippen LogP contribution in [0.1, 0.15) is 34.3 Å². The maximum Gasteiger partial charge on any atom is 0.194 e. The van der Waals surface area contributed by atoms with Crippen molar-refractivity contribution >= 4 is 5.78 Å². The van der Waals surface area contributed by atoms with Crippen molar-refractivity contribution in [1.29, 1.82) is 0 Å². The van der Waals surface area contributed by atoms with Gasteiger partial charge in [-0.3, -0.25) is 9.78 Å². The molecule has 3 nitrogen and oxygen atoms in total. The summed E-state index contributed by atoms with van der Waals surface area (Å²) in [7, 11) is 0. The van der Waals surface area contributed by atoms with Crippen molar-refractivity contribution in [3.63, 3.8) is 0 Å². The highest BCUT2D eigenvalue weighted by Gasteiger charge is 2.14. The number of ketones is 1. The van der Waals surface area contributed by atoms with E-state index < -0.39 is 0 Å². The van der Waals surface area contributed by atoms with Gasteiger partial charge in [0.15, 0.2) is 5.78 Å². The van der Waals surface area contributed by atoms with Crippen LogP contribution in [0.4, 0.5) is 0 Å². The molecule has 0 aliphatic carbocycles. The van der Waals surface area contributed by atoms with Gasteiger partial charge in [0.2, 0.25) is 0 Å². The number of aryl methyl sites for hydroxylation is 1. The molecule has 0 spiro atoms. The molecule has 1 aromatic carbocycles. The lowest BCUT2D eigenvalue weighted by Gasteiger charge is -2.08. The van der Waals surface area contributed by atoms with Crippen LogP contribution < -0.4 is 4.74 Å². The Bertz CT molecular complexity index is 593. The van der Waals surface area contributed by atoms with E-state index >= 15 is 0 Å². The third kappa shape index (κ3) is 2.50. The number of carbonyl (C=O) groups is 1. The van der Waals surface area contributed by atoms with Crippen molar-refractivity contribution in [2.24, 2.45) is 0 Å². The van der Waals surface area contributed by atoms with E-state index in [-0.39, 0.29) is 5.78 Å². The first-order valence-electron chi connectivity index (χ1n) is 6.55. The predicted molar refractivity (Wildman–Crippen MR) is 72.5 cm³/mol. The molecule has 1 aliphatic rings. The minimum Gasteiger partial charge on any atom is -0.493 e. The van der Waals surface area contributed by atoms with Crippen LogP contribution in [0.2, 0.25) is 0 Å². The molecule has 19 heavy (non-hydrogen) atoms. The minimum absolute atomic E-state index is 0.0140. The van der Waals surface area contributed by atoms with E-state index in [0.717, 1.165) is 37.2 Å². The second-order valence-electron chi connectivity index (χ2n) is 4.70. The summed E-state index contributed by atoms with van der Waals surface area (Å²) >= 11 is 0. The number of aromatic nitrogens is 1. The molecule has 0 saturated heterocycles. The Morgan fingerprint density at radius 1 is 1.16 bits per heavy atom. The van der Waals surface area contributed by atoms with Gasteiger partial charge in [0.25, 0.3) is 0 Å². The van der Waals surface area contributed by atoms with Gasteiger partial charge in [-0.05, 0) is 55.2 Å². The Morgan fingerprint density at radius 2 is 2.11 bits per heavy atom. The molecule has 1 aliphatic heterocycles. The molecule has 0 unspecified atom stereocenters. The van der Waals surface area contributed by atoms with Gasteiger partial charge in [-0.15, -0.1) is 0 Å². The molecule has 2 aromatic rings. The predicted octanol–water partition coefficient (Wildman–Crippen LogP) is 3.03. The second kappa shape index (κ2) is 5.22. The van der Waals surface area contributed by atoms with Crippen LogP contribution in [-0.2, 0) is 6.42 Å². The van der Waals surface area contributed by atoms with Gasteiger partial charge >= 0.3 is 0 Å². The number of pyridine rings is 1. The number of ether oxygens (including phenoxy) is 1. The van der Waals surface area contributed by atoms with Gasteiger partial charge in [0.05, 0.1) is 6.61 Å². The Balaban J connectivity index is 1.94. The molecule has 0 bridgehead atoms. The molecular formula is C16H15NO2. The van der Waals surface area contributed by atoms with Crippen LogP contribution in [0.25, 0.3) is 0 Å². The number of rotatable bonds is 2. The normalized spacial score (nSPS) is 14.1. The molecule has 1 aromatic heterocycles. The summed E-state index contributed by atoms with van der Waals surface area (Å²) in [6, 6.07) is 9.26. The van der Waals surface area contributed by atoms with E-state index in [4.69, 9.17) is 4.74 Å². The molecule has 0 N–H and O–H groups in total. The van der Waals surface area contributed by atoms with Crippen LogP contribution in [0.5, 0.6) is 5.75 Å². The Morgan fingerprint density at radius 3 is 2.95 bits per heavy atom. The van der Waals surface area contributed by atoms with Gasteiger partial charge in [0, 0.05) is 23.5 Å². The molecule has 96 valence electrons. The first-order chi connectivity index (χ1) is 9.34. The average Bonchev–Trinajstić information content (AvgIpc) is 2.72. The Labute approximate surface area is 112 Å².